The van der Waals surface area contributed by atoms with E-state index in [1.807, 2.05) is 18.2 Å². The third-order valence-corrected chi connectivity index (χ3v) is 4.71. The highest BCUT2D eigenvalue weighted by molar-refractivity contribution is 9.10. The van der Waals surface area contributed by atoms with Gasteiger partial charge in [0.1, 0.15) is 0 Å². The van der Waals surface area contributed by atoms with Crippen molar-refractivity contribution >= 4 is 27.3 Å². The van der Waals surface area contributed by atoms with Crippen LogP contribution in [0.1, 0.15) is 23.4 Å². The average molecular weight is 340 g/mol. The number of nitrogens with one attached hydrogen (secondary N) is 1. The van der Waals surface area contributed by atoms with Gasteiger partial charge in [0.15, 0.2) is 0 Å². The molecule has 2 nitrogen and oxygen atoms in total. The van der Waals surface area contributed by atoms with Crippen LogP contribution in [-0.2, 0) is 11.3 Å². The van der Waals surface area contributed by atoms with Crippen LogP contribution < -0.4 is 5.32 Å². The van der Waals surface area contributed by atoms with Gasteiger partial charge in [0.25, 0.3) is 0 Å². The van der Waals surface area contributed by atoms with E-state index in [0.29, 0.717) is 12.6 Å². The highest BCUT2D eigenvalue weighted by Crippen LogP contribution is 2.18. The van der Waals surface area contributed by atoms with Crippen molar-refractivity contribution in [1.29, 1.82) is 0 Å². The Bertz CT molecular complexity index is 487. The molecule has 0 bridgehead atoms. The first-order chi connectivity index (χ1) is 9.27. The maximum Gasteiger partial charge on any atom is 0.0728 e. The summed E-state index contributed by atoms with van der Waals surface area (Å²) in [4.78, 5) is 1.37. The Balaban J connectivity index is 1.64. The van der Waals surface area contributed by atoms with E-state index in [-0.39, 0.29) is 0 Å². The van der Waals surface area contributed by atoms with Crippen molar-refractivity contribution in [2.75, 3.05) is 13.2 Å². The van der Waals surface area contributed by atoms with E-state index in [4.69, 9.17) is 4.74 Å². The molecule has 0 spiro atoms. The van der Waals surface area contributed by atoms with Crippen LogP contribution in [-0.4, -0.2) is 13.2 Å². The summed E-state index contributed by atoms with van der Waals surface area (Å²) in [6.07, 6.45) is 0. The van der Waals surface area contributed by atoms with E-state index in [1.165, 1.54) is 10.4 Å². The second kappa shape index (κ2) is 7.80. The van der Waals surface area contributed by atoms with Crippen molar-refractivity contribution in [3.05, 3.63) is 56.7 Å². The van der Waals surface area contributed by atoms with Crippen LogP contribution in [0.4, 0.5) is 0 Å². The van der Waals surface area contributed by atoms with Gasteiger partial charge in [-0.1, -0.05) is 40.2 Å². The molecule has 0 aliphatic rings. The number of benzene rings is 1. The SMILES string of the molecule is CC(NCCOCc1ccccc1Br)c1cccs1. The van der Waals surface area contributed by atoms with Crippen LogP contribution in [0.15, 0.2) is 46.3 Å². The molecule has 2 rings (SSSR count). The van der Waals surface area contributed by atoms with Crippen molar-refractivity contribution in [2.45, 2.75) is 19.6 Å². The second-order valence-electron chi connectivity index (χ2n) is 4.34. The minimum absolute atomic E-state index is 0.395. The van der Waals surface area contributed by atoms with E-state index >= 15 is 0 Å². The van der Waals surface area contributed by atoms with Gasteiger partial charge in [-0.2, -0.15) is 0 Å². The van der Waals surface area contributed by atoms with Gasteiger partial charge in [-0.3, -0.25) is 0 Å². The number of rotatable bonds is 7. The molecule has 1 N–H and O–H groups in total. The van der Waals surface area contributed by atoms with Gasteiger partial charge < -0.3 is 10.1 Å². The molecule has 0 amide bonds. The highest BCUT2D eigenvalue weighted by atomic mass is 79.9. The standard InChI is InChI=1S/C15H18BrNOS/c1-12(15-7-4-10-19-15)17-8-9-18-11-13-5-2-3-6-14(13)16/h2-7,10,12,17H,8-9,11H2,1H3. The maximum absolute atomic E-state index is 5.68. The molecule has 0 saturated heterocycles. The van der Waals surface area contributed by atoms with E-state index < -0.39 is 0 Å². The van der Waals surface area contributed by atoms with E-state index in [2.05, 4.69) is 51.7 Å². The molecule has 102 valence electrons. The largest absolute Gasteiger partial charge is 0.375 e. The van der Waals surface area contributed by atoms with Gasteiger partial charge in [-0.25, -0.2) is 0 Å². The van der Waals surface area contributed by atoms with Crippen LogP contribution in [0.25, 0.3) is 0 Å². The number of ether oxygens (including phenoxy) is 1. The Kier molecular flexibility index (Phi) is 6.04. The Hall–Kier alpha value is -0.680. The number of halogens is 1. The molecule has 1 unspecified atom stereocenters. The zero-order chi connectivity index (χ0) is 13.5. The normalized spacial score (nSPS) is 12.5. The molecule has 1 aromatic carbocycles. The third-order valence-electron chi connectivity index (χ3n) is 2.88. The van der Waals surface area contributed by atoms with E-state index in [0.717, 1.165) is 17.6 Å². The topological polar surface area (TPSA) is 21.3 Å². The summed E-state index contributed by atoms with van der Waals surface area (Å²) in [5.41, 5.74) is 1.19. The lowest BCUT2D eigenvalue weighted by molar-refractivity contribution is 0.120. The molecule has 1 aromatic heterocycles. The summed E-state index contributed by atoms with van der Waals surface area (Å²) in [6.45, 7) is 4.41. The third kappa shape index (κ3) is 4.73. The van der Waals surface area contributed by atoms with Gasteiger partial charge in [-0.15, -0.1) is 11.3 Å². The molecule has 0 aliphatic carbocycles. The molecule has 0 fully saturated rings. The second-order valence-corrected chi connectivity index (χ2v) is 6.17. The Labute approximate surface area is 126 Å². The number of hydrogen-bond acceptors (Lipinski definition) is 3. The summed E-state index contributed by atoms with van der Waals surface area (Å²) in [5, 5.41) is 5.57. The minimum atomic E-state index is 0.395. The van der Waals surface area contributed by atoms with Gasteiger partial charge in [-0.05, 0) is 30.0 Å². The molecule has 4 heteroatoms. The van der Waals surface area contributed by atoms with Crippen LogP contribution in [0.5, 0.6) is 0 Å². The summed E-state index contributed by atoms with van der Waals surface area (Å²) in [7, 11) is 0. The van der Waals surface area contributed by atoms with Crippen molar-refractivity contribution in [3.63, 3.8) is 0 Å². The fraction of sp³-hybridized carbons (Fsp3) is 0.333. The lowest BCUT2D eigenvalue weighted by Crippen LogP contribution is -2.22. The van der Waals surface area contributed by atoms with Gasteiger partial charge in [0.05, 0.1) is 13.2 Å². The Morgan fingerprint density at radius 1 is 1.26 bits per heavy atom. The van der Waals surface area contributed by atoms with E-state index in [1.54, 1.807) is 11.3 Å². The maximum atomic E-state index is 5.68. The zero-order valence-electron chi connectivity index (χ0n) is 10.9. The molecule has 0 radical (unpaired) electrons. The molecular formula is C15H18BrNOS. The van der Waals surface area contributed by atoms with Gasteiger partial charge >= 0.3 is 0 Å². The van der Waals surface area contributed by atoms with E-state index in [9.17, 15) is 0 Å². The Morgan fingerprint density at radius 2 is 2.11 bits per heavy atom. The molecular weight excluding hydrogens is 322 g/mol. The fourth-order valence-corrected chi connectivity index (χ4v) is 2.94. The summed E-state index contributed by atoms with van der Waals surface area (Å²) in [5.74, 6) is 0. The first kappa shape index (κ1) is 14.7. The number of hydrogen-bond donors (Lipinski definition) is 1. The summed E-state index contributed by atoms with van der Waals surface area (Å²) in [6, 6.07) is 12.8. The molecule has 19 heavy (non-hydrogen) atoms. The van der Waals surface area contributed by atoms with Crippen LogP contribution in [0, 0.1) is 0 Å². The predicted octanol–water partition coefficient (Wildman–Crippen LogP) is 4.38. The number of thiophene rings is 1. The molecule has 1 heterocycles. The molecule has 0 saturated carbocycles. The van der Waals surface area contributed by atoms with Gasteiger partial charge in [0, 0.05) is 21.9 Å². The van der Waals surface area contributed by atoms with Crippen LogP contribution >= 0.6 is 27.3 Å². The molecule has 2 aromatic rings. The molecule has 1 atom stereocenters. The highest BCUT2D eigenvalue weighted by Gasteiger charge is 2.04. The van der Waals surface area contributed by atoms with Gasteiger partial charge in [0.2, 0.25) is 0 Å². The lowest BCUT2D eigenvalue weighted by Gasteiger charge is -2.12. The first-order valence-electron chi connectivity index (χ1n) is 6.35. The van der Waals surface area contributed by atoms with Crippen molar-refractivity contribution < 1.29 is 4.74 Å². The van der Waals surface area contributed by atoms with Crippen LogP contribution in [0.2, 0.25) is 0 Å². The van der Waals surface area contributed by atoms with Crippen molar-refractivity contribution in [2.24, 2.45) is 0 Å². The Morgan fingerprint density at radius 3 is 2.84 bits per heavy atom. The average Bonchev–Trinajstić information content (AvgIpc) is 2.94. The van der Waals surface area contributed by atoms with Crippen molar-refractivity contribution in [3.8, 4) is 0 Å². The first-order valence-corrected chi connectivity index (χ1v) is 8.02. The minimum Gasteiger partial charge on any atom is -0.375 e. The zero-order valence-corrected chi connectivity index (χ0v) is 13.3. The smallest absolute Gasteiger partial charge is 0.0728 e. The summed E-state index contributed by atoms with van der Waals surface area (Å²) >= 11 is 5.30. The lowest BCUT2D eigenvalue weighted by atomic mass is 10.2. The fourth-order valence-electron chi connectivity index (χ4n) is 1.78. The van der Waals surface area contributed by atoms with Crippen molar-refractivity contribution in [1.82, 2.24) is 5.32 Å². The monoisotopic (exact) mass is 339 g/mol. The predicted molar refractivity (Wildman–Crippen MR) is 84.5 cm³/mol. The van der Waals surface area contributed by atoms with Crippen LogP contribution in [0.3, 0.4) is 0 Å². The molecule has 0 aliphatic heterocycles. The quantitative estimate of drug-likeness (QED) is 0.756. The summed E-state index contributed by atoms with van der Waals surface area (Å²) < 4.78 is 6.79.